The number of ketones is 1. The van der Waals surface area contributed by atoms with E-state index in [1.807, 2.05) is 25.1 Å². The van der Waals surface area contributed by atoms with Gasteiger partial charge < -0.3 is 5.73 Å². The summed E-state index contributed by atoms with van der Waals surface area (Å²) in [4.78, 5) is 12.3. The minimum atomic E-state index is -0.00942. The van der Waals surface area contributed by atoms with Crippen LogP contribution in [0.4, 0.5) is 0 Å². The molecule has 1 aromatic carbocycles. The van der Waals surface area contributed by atoms with E-state index in [1.54, 1.807) is 0 Å². The third kappa shape index (κ3) is 1.78. The zero-order valence-electron chi connectivity index (χ0n) is 8.21. The average Bonchev–Trinajstić information content (AvgIpc) is 2.55. The van der Waals surface area contributed by atoms with Gasteiger partial charge in [0.15, 0.2) is 5.78 Å². The van der Waals surface area contributed by atoms with Crippen LogP contribution in [-0.4, -0.2) is 12.3 Å². The van der Waals surface area contributed by atoms with Gasteiger partial charge in [-0.3, -0.25) is 4.79 Å². The van der Waals surface area contributed by atoms with E-state index in [-0.39, 0.29) is 12.3 Å². The summed E-state index contributed by atoms with van der Waals surface area (Å²) in [6.07, 6.45) is 0. The Kier molecular flexibility index (Phi) is 2.78. The van der Waals surface area contributed by atoms with Gasteiger partial charge in [0.25, 0.3) is 0 Å². The van der Waals surface area contributed by atoms with Crippen LogP contribution >= 0.6 is 22.9 Å². The van der Waals surface area contributed by atoms with Gasteiger partial charge in [0.2, 0.25) is 0 Å². The molecule has 0 spiro atoms. The molecule has 0 saturated carbocycles. The molecule has 0 amide bonds. The topological polar surface area (TPSA) is 43.1 Å². The van der Waals surface area contributed by atoms with Crippen LogP contribution in [0.3, 0.4) is 0 Å². The summed E-state index contributed by atoms with van der Waals surface area (Å²) in [5, 5.41) is 1.74. The smallest absolute Gasteiger partial charge is 0.186 e. The van der Waals surface area contributed by atoms with E-state index in [1.165, 1.54) is 11.3 Å². The van der Waals surface area contributed by atoms with E-state index >= 15 is 0 Å². The van der Waals surface area contributed by atoms with Crippen LogP contribution in [0.1, 0.15) is 15.2 Å². The molecule has 0 unspecified atom stereocenters. The molecule has 0 fully saturated rings. The molecule has 0 aliphatic carbocycles. The third-order valence-corrected chi connectivity index (χ3v) is 3.89. The first-order valence-corrected chi connectivity index (χ1v) is 5.75. The van der Waals surface area contributed by atoms with Gasteiger partial charge in [-0.2, -0.15) is 0 Å². The highest BCUT2D eigenvalue weighted by Gasteiger charge is 2.13. The molecule has 2 N–H and O–H groups in total. The summed E-state index contributed by atoms with van der Waals surface area (Å²) in [6.45, 7) is 1.99. The molecule has 1 aromatic heterocycles. The van der Waals surface area contributed by atoms with E-state index in [4.69, 9.17) is 17.3 Å². The van der Waals surface area contributed by atoms with E-state index in [9.17, 15) is 4.79 Å². The van der Waals surface area contributed by atoms with Crippen molar-refractivity contribution in [1.82, 2.24) is 0 Å². The molecule has 0 saturated heterocycles. The predicted octanol–water partition coefficient (Wildman–Crippen LogP) is 3.00. The fraction of sp³-hybridized carbons (Fsp3) is 0.182. The van der Waals surface area contributed by atoms with Crippen molar-refractivity contribution >= 4 is 38.8 Å². The summed E-state index contributed by atoms with van der Waals surface area (Å²) in [7, 11) is 0. The highest BCUT2D eigenvalue weighted by molar-refractivity contribution is 7.21. The van der Waals surface area contributed by atoms with Gasteiger partial charge in [-0.05, 0) is 36.1 Å². The Hall–Kier alpha value is -0.900. The van der Waals surface area contributed by atoms with Gasteiger partial charge in [0.05, 0.1) is 11.4 Å². The minimum absolute atomic E-state index is 0.00942. The van der Waals surface area contributed by atoms with Gasteiger partial charge in [0, 0.05) is 9.72 Å². The summed E-state index contributed by atoms with van der Waals surface area (Å²) in [6, 6.07) is 5.65. The molecule has 78 valence electrons. The van der Waals surface area contributed by atoms with Crippen LogP contribution in [0.15, 0.2) is 18.2 Å². The molecule has 2 aromatic rings. The average molecular weight is 240 g/mol. The maximum Gasteiger partial charge on any atom is 0.186 e. The number of aryl methyl sites for hydroxylation is 1. The van der Waals surface area contributed by atoms with Gasteiger partial charge in [-0.25, -0.2) is 0 Å². The Labute approximate surface area is 96.7 Å². The molecule has 0 aliphatic heterocycles. The maximum atomic E-state index is 11.5. The number of hydrogen-bond donors (Lipinski definition) is 1. The van der Waals surface area contributed by atoms with Crippen LogP contribution < -0.4 is 5.73 Å². The lowest BCUT2D eigenvalue weighted by molar-refractivity contribution is 0.100. The molecule has 1 heterocycles. The molecule has 0 atom stereocenters. The first-order chi connectivity index (χ1) is 7.13. The second-order valence-electron chi connectivity index (χ2n) is 3.32. The standard InChI is InChI=1S/C11H10ClNOS/c1-6-8-4-7(12)2-3-10(8)15-11(6)9(14)5-13/h2-4H,5,13H2,1H3. The summed E-state index contributed by atoms with van der Waals surface area (Å²) in [5.41, 5.74) is 6.34. The highest BCUT2D eigenvalue weighted by Crippen LogP contribution is 2.32. The molecule has 2 nitrogen and oxygen atoms in total. The first kappa shape index (κ1) is 10.6. The minimum Gasteiger partial charge on any atom is -0.324 e. The number of carbonyl (C=O) groups excluding carboxylic acids is 1. The molecule has 15 heavy (non-hydrogen) atoms. The van der Waals surface area contributed by atoms with Crippen LogP contribution in [0.25, 0.3) is 10.1 Å². The molecule has 4 heteroatoms. The van der Waals surface area contributed by atoms with Crippen LogP contribution in [0.2, 0.25) is 5.02 Å². The summed E-state index contributed by atoms with van der Waals surface area (Å²) < 4.78 is 1.08. The summed E-state index contributed by atoms with van der Waals surface area (Å²) in [5.74, 6) is -0.00942. The van der Waals surface area contributed by atoms with Crippen molar-refractivity contribution in [1.29, 1.82) is 0 Å². The van der Waals surface area contributed by atoms with Crippen molar-refractivity contribution in [3.63, 3.8) is 0 Å². The first-order valence-electron chi connectivity index (χ1n) is 4.55. The van der Waals surface area contributed by atoms with Crippen LogP contribution in [-0.2, 0) is 0 Å². The van der Waals surface area contributed by atoms with Crippen molar-refractivity contribution in [3.05, 3.63) is 33.7 Å². The Morgan fingerprint density at radius 2 is 2.27 bits per heavy atom. The van der Waals surface area contributed by atoms with Gasteiger partial charge in [-0.15, -0.1) is 11.3 Å². The second kappa shape index (κ2) is 3.93. The zero-order valence-corrected chi connectivity index (χ0v) is 9.78. The number of halogens is 1. The number of hydrogen-bond acceptors (Lipinski definition) is 3. The largest absolute Gasteiger partial charge is 0.324 e. The van der Waals surface area contributed by atoms with Crippen molar-refractivity contribution in [2.75, 3.05) is 6.54 Å². The molecular weight excluding hydrogens is 230 g/mol. The van der Waals surface area contributed by atoms with Crippen molar-refractivity contribution < 1.29 is 4.79 Å². The predicted molar refractivity (Wildman–Crippen MR) is 65.0 cm³/mol. The van der Waals surface area contributed by atoms with E-state index in [0.29, 0.717) is 5.02 Å². The van der Waals surface area contributed by atoms with Gasteiger partial charge in [-0.1, -0.05) is 11.6 Å². The third-order valence-electron chi connectivity index (χ3n) is 2.34. The van der Waals surface area contributed by atoms with Gasteiger partial charge in [0.1, 0.15) is 0 Å². The number of carbonyl (C=O) groups is 1. The summed E-state index contributed by atoms with van der Waals surface area (Å²) >= 11 is 7.39. The Balaban J connectivity index is 2.69. The molecule has 0 aliphatic rings. The number of thiophene rings is 1. The lowest BCUT2D eigenvalue weighted by atomic mass is 10.1. The monoisotopic (exact) mass is 239 g/mol. The number of rotatable bonds is 2. The molecule has 0 radical (unpaired) electrons. The fourth-order valence-electron chi connectivity index (χ4n) is 1.55. The molecular formula is C11H10ClNOS. The molecule has 0 bridgehead atoms. The lowest BCUT2D eigenvalue weighted by Crippen LogP contribution is -2.12. The van der Waals surface area contributed by atoms with Crippen LogP contribution in [0, 0.1) is 6.92 Å². The quantitative estimate of drug-likeness (QED) is 0.819. The fourth-order valence-corrected chi connectivity index (χ4v) is 2.86. The van der Waals surface area contributed by atoms with Crippen molar-refractivity contribution in [2.45, 2.75) is 6.92 Å². The van der Waals surface area contributed by atoms with Crippen molar-refractivity contribution in [2.24, 2.45) is 5.73 Å². The van der Waals surface area contributed by atoms with E-state index in [0.717, 1.165) is 20.5 Å². The normalized spacial score (nSPS) is 10.9. The van der Waals surface area contributed by atoms with Gasteiger partial charge >= 0.3 is 0 Å². The van der Waals surface area contributed by atoms with E-state index in [2.05, 4.69) is 0 Å². The SMILES string of the molecule is Cc1c(C(=O)CN)sc2ccc(Cl)cc12. The maximum absolute atomic E-state index is 11.5. The highest BCUT2D eigenvalue weighted by atomic mass is 35.5. The Morgan fingerprint density at radius 3 is 2.93 bits per heavy atom. The van der Waals surface area contributed by atoms with Crippen molar-refractivity contribution in [3.8, 4) is 0 Å². The number of fused-ring (bicyclic) bond motifs is 1. The number of benzene rings is 1. The Bertz CT molecular complexity index is 533. The number of Topliss-reactive ketones (excluding diaryl/α,β-unsaturated/α-hetero) is 1. The van der Waals surface area contributed by atoms with Crippen LogP contribution in [0.5, 0.6) is 0 Å². The Morgan fingerprint density at radius 1 is 1.53 bits per heavy atom. The lowest BCUT2D eigenvalue weighted by Gasteiger charge is -1.95. The van der Waals surface area contributed by atoms with E-state index < -0.39 is 0 Å². The number of nitrogens with two attached hydrogens (primary N) is 1. The zero-order chi connectivity index (χ0) is 11.0. The molecule has 2 rings (SSSR count). The second-order valence-corrected chi connectivity index (χ2v) is 4.81.